The second-order valence-electron chi connectivity index (χ2n) is 5.48. The van der Waals surface area contributed by atoms with Crippen molar-refractivity contribution in [1.29, 1.82) is 0 Å². The van der Waals surface area contributed by atoms with Crippen molar-refractivity contribution in [3.63, 3.8) is 0 Å². The molecule has 0 spiro atoms. The van der Waals surface area contributed by atoms with E-state index in [4.69, 9.17) is 16.3 Å². The number of aryl methyl sites for hydroxylation is 1. The first-order chi connectivity index (χ1) is 11.6. The summed E-state index contributed by atoms with van der Waals surface area (Å²) in [5.74, 6) is 1.60. The molecule has 0 aliphatic rings. The number of guanidine groups is 1. The van der Waals surface area contributed by atoms with Gasteiger partial charge in [-0.3, -0.25) is 9.67 Å². The lowest BCUT2D eigenvalue weighted by atomic mass is 10.3. The summed E-state index contributed by atoms with van der Waals surface area (Å²) < 4.78 is 7.62. The third kappa shape index (κ3) is 7.52. The number of ether oxygens (including phenoxy) is 1. The Kier molecular flexibility index (Phi) is 9.66. The highest BCUT2D eigenvalue weighted by molar-refractivity contribution is 14.0. The Morgan fingerprint density at radius 1 is 1.44 bits per heavy atom. The Hall–Kier alpha value is -1.48. The summed E-state index contributed by atoms with van der Waals surface area (Å²) in [4.78, 5) is 6.32. The molecule has 0 saturated heterocycles. The lowest BCUT2D eigenvalue weighted by molar-refractivity contribution is 0.281. The van der Waals surface area contributed by atoms with Crippen molar-refractivity contribution in [3.05, 3.63) is 47.2 Å². The number of halogens is 2. The topological polar surface area (TPSA) is 54.7 Å². The van der Waals surface area contributed by atoms with Crippen LogP contribution < -0.4 is 10.1 Å². The van der Waals surface area contributed by atoms with Crippen LogP contribution in [-0.2, 0) is 6.54 Å². The minimum Gasteiger partial charge on any atom is -0.492 e. The standard InChI is InChI=1S/C17H24ClN5O.HI/c1-14-12-21-23(13-14)8-7-20-17(19-2)22(3)9-10-24-16-6-4-5-15(18)11-16;/h4-6,11-13H,7-10H2,1-3H3,(H,19,20);1H. The summed E-state index contributed by atoms with van der Waals surface area (Å²) in [6.45, 7) is 4.85. The zero-order valence-corrected chi connectivity index (χ0v) is 17.9. The lowest BCUT2D eigenvalue weighted by Gasteiger charge is -2.22. The molecule has 0 unspecified atom stereocenters. The van der Waals surface area contributed by atoms with Crippen LogP contribution in [0, 0.1) is 6.92 Å². The van der Waals surface area contributed by atoms with Gasteiger partial charge in [0.25, 0.3) is 0 Å². The van der Waals surface area contributed by atoms with E-state index in [0.29, 0.717) is 18.2 Å². The maximum absolute atomic E-state index is 5.94. The Morgan fingerprint density at radius 3 is 2.88 bits per heavy atom. The number of nitrogens with one attached hydrogen (secondary N) is 1. The van der Waals surface area contributed by atoms with E-state index in [1.165, 1.54) is 0 Å². The van der Waals surface area contributed by atoms with Gasteiger partial charge in [0.1, 0.15) is 12.4 Å². The fourth-order valence-electron chi connectivity index (χ4n) is 2.22. The van der Waals surface area contributed by atoms with E-state index in [1.807, 2.05) is 54.1 Å². The monoisotopic (exact) mass is 477 g/mol. The molecule has 25 heavy (non-hydrogen) atoms. The van der Waals surface area contributed by atoms with Gasteiger partial charge >= 0.3 is 0 Å². The number of rotatable bonds is 7. The molecule has 8 heteroatoms. The van der Waals surface area contributed by atoms with Crippen LogP contribution in [0.4, 0.5) is 0 Å². The minimum atomic E-state index is 0. The van der Waals surface area contributed by atoms with Crippen LogP contribution in [0.3, 0.4) is 0 Å². The molecule has 1 N–H and O–H groups in total. The van der Waals surface area contributed by atoms with Crippen molar-refractivity contribution in [2.24, 2.45) is 4.99 Å². The molecule has 2 aromatic rings. The smallest absolute Gasteiger partial charge is 0.193 e. The fourth-order valence-corrected chi connectivity index (χ4v) is 2.40. The molecular weight excluding hydrogens is 453 g/mol. The molecular formula is C17H25ClIN5O. The molecule has 0 atom stereocenters. The van der Waals surface area contributed by atoms with Crippen LogP contribution in [0.15, 0.2) is 41.7 Å². The van der Waals surface area contributed by atoms with Gasteiger partial charge in [0.15, 0.2) is 5.96 Å². The van der Waals surface area contributed by atoms with Gasteiger partial charge < -0.3 is 15.0 Å². The largest absolute Gasteiger partial charge is 0.492 e. The second kappa shape index (κ2) is 11.2. The van der Waals surface area contributed by atoms with E-state index >= 15 is 0 Å². The molecule has 0 amide bonds. The van der Waals surface area contributed by atoms with Crippen LogP contribution >= 0.6 is 35.6 Å². The summed E-state index contributed by atoms with van der Waals surface area (Å²) in [6.07, 6.45) is 3.88. The fraction of sp³-hybridized carbons (Fsp3) is 0.412. The van der Waals surface area contributed by atoms with Gasteiger partial charge in [-0.25, -0.2) is 0 Å². The number of hydrogen-bond donors (Lipinski definition) is 1. The number of aliphatic imine (C=N–C) groups is 1. The Bertz CT molecular complexity index is 677. The molecule has 6 nitrogen and oxygen atoms in total. The highest BCUT2D eigenvalue weighted by Crippen LogP contribution is 2.16. The summed E-state index contributed by atoms with van der Waals surface area (Å²) >= 11 is 5.94. The molecule has 0 radical (unpaired) electrons. The van der Waals surface area contributed by atoms with E-state index in [9.17, 15) is 0 Å². The average molecular weight is 478 g/mol. The highest BCUT2D eigenvalue weighted by atomic mass is 127. The molecule has 138 valence electrons. The number of likely N-dealkylation sites (N-methyl/N-ethyl adjacent to an activating group) is 1. The summed E-state index contributed by atoms with van der Waals surface area (Å²) in [7, 11) is 3.75. The van der Waals surface area contributed by atoms with Crippen LogP contribution in [0.2, 0.25) is 5.02 Å². The molecule has 2 rings (SSSR count). The van der Waals surface area contributed by atoms with Crippen molar-refractivity contribution in [1.82, 2.24) is 20.0 Å². The SMILES string of the molecule is CN=C(NCCn1cc(C)cn1)N(C)CCOc1cccc(Cl)c1.I. The van der Waals surface area contributed by atoms with E-state index in [1.54, 1.807) is 13.1 Å². The Morgan fingerprint density at radius 2 is 2.24 bits per heavy atom. The molecule has 1 aromatic carbocycles. The number of nitrogens with zero attached hydrogens (tertiary/aromatic N) is 4. The van der Waals surface area contributed by atoms with Crippen molar-refractivity contribution in [3.8, 4) is 5.75 Å². The van der Waals surface area contributed by atoms with Crippen LogP contribution in [0.5, 0.6) is 5.75 Å². The lowest BCUT2D eigenvalue weighted by Crippen LogP contribution is -2.42. The second-order valence-corrected chi connectivity index (χ2v) is 5.92. The van der Waals surface area contributed by atoms with E-state index in [2.05, 4.69) is 15.4 Å². The first-order valence-electron chi connectivity index (χ1n) is 7.87. The van der Waals surface area contributed by atoms with Gasteiger partial charge in [-0.2, -0.15) is 5.10 Å². The number of benzene rings is 1. The van der Waals surface area contributed by atoms with Crippen molar-refractivity contribution in [2.45, 2.75) is 13.5 Å². The first-order valence-corrected chi connectivity index (χ1v) is 8.25. The van der Waals surface area contributed by atoms with Crippen LogP contribution in [-0.4, -0.2) is 54.4 Å². The van der Waals surface area contributed by atoms with Crippen molar-refractivity contribution < 1.29 is 4.74 Å². The van der Waals surface area contributed by atoms with Gasteiger partial charge in [-0.1, -0.05) is 17.7 Å². The highest BCUT2D eigenvalue weighted by Gasteiger charge is 2.06. The molecule has 1 heterocycles. The summed E-state index contributed by atoms with van der Waals surface area (Å²) in [5.41, 5.74) is 1.16. The third-order valence-electron chi connectivity index (χ3n) is 3.45. The normalized spacial score (nSPS) is 11.0. The quantitative estimate of drug-likeness (QED) is 0.378. The van der Waals surface area contributed by atoms with Crippen LogP contribution in [0.25, 0.3) is 0 Å². The predicted octanol–water partition coefficient (Wildman–Crippen LogP) is 3.05. The predicted molar refractivity (Wildman–Crippen MR) is 113 cm³/mol. The molecule has 1 aromatic heterocycles. The van der Waals surface area contributed by atoms with Crippen LogP contribution in [0.1, 0.15) is 5.56 Å². The summed E-state index contributed by atoms with van der Waals surface area (Å²) in [5, 5.41) is 8.26. The maximum Gasteiger partial charge on any atom is 0.193 e. The van der Waals surface area contributed by atoms with E-state index < -0.39 is 0 Å². The third-order valence-corrected chi connectivity index (χ3v) is 3.69. The van der Waals surface area contributed by atoms with E-state index in [0.717, 1.165) is 30.4 Å². The van der Waals surface area contributed by atoms with Crippen molar-refractivity contribution >= 4 is 41.5 Å². The summed E-state index contributed by atoms with van der Waals surface area (Å²) in [6, 6.07) is 7.40. The van der Waals surface area contributed by atoms with Crippen molar-refractivity contribution in [2.75, 3.05) is 33.8 Å². The van der Waals surface area contributed by atoms with Gasteiger partial charge in [0.2, 0.25) is 0 Å². The number of hydrogen-bond acceptors (Lipinski definition) is 3. The Labute approximate surface area is 171 Å². The van der Waals surface area contributed by atoms with Gasteiger partial charge in [-0.15, -0.1) is 24.0 Å². The molecule has 0 fully saturated rings. The zero-order valence-electron chi connectivity index (χ0n) is 14.8. The number of aromatic nitrogens is 2. The molecule has 0 aliphatic carbocycles. The zero-order chi connectivity index (χ0) is 17.4. The van der Waals surface area contributed by atoms with E-state index in [-0.39, 0.29) is 24.0 Å². The van der Waals surface area contributed by atoms with Gasteiger partial charge in [0.05, 0.1) is 19.3 Å². The average Bonchev–Trinajstić information content (AvgIpc) is 2.97. The maximum atomic E-state index is 5.94. The van der Waals surface area contributed by atoms with Gasteiger partial charge in [0, 0.05) is 31.9 Å². The molecule has 0 bridgehead atoms. The molecule has 0 saturated carbocycles. The minimum absolute atomic E-state index is 0. The Balaban J connectivity index is 0.00000312. The van der Waals surface area contributed by atoms with Gasteiger partial charge in [-0.05, 0) is 30.7 Å². The molecule has 0 aliphatic heterocycles. The first kappa shape index (κ1) is 21.6.